The second-order valence-corrected chi connectivity index (χ2v) is 7.69. The Morgan fingerprint density at radius 2 is 1.81 bits per heavy atom. The molecule has 2 N–H and O–H groups in total. The van der Waals surface area contributed by atoms with Crippen molar-refractivity contribution < 1.29 is 4.79 Å². The predicted octanol–water partition coefficient (Wildman–Crippen LogP) is 4.72. The number of hydrogen-bond donors (Lipinski definition) is 2. The first-order chi connectivity index (χ1) is 15.6. The number of H-pyrrole nitrogens is 1. The second kappa shape index (κ2) is 8.07. The highest BCUT2D eigenvalue weighted by atomic mass is 16.1. The quantitative estimate of drug-likeness (QED) is 0.426. The molecule has 0 saturated carbocycles. The highest BCUT2D eigenvalue weighted by Gasteiger charge is 2.16. The van der Waals surface area contributed by atoms with E-state index in [4.69, 9.17) is 0 Å². The standard InChI is InChI=1S/C24H21N7O/c1-15(2)31-23-17(14-26-31)12-18(13-25-23)24(32)27-20-11-7-6-10-19(20)22-28-21(29-30-22)16-8-4-3-5-9-16/h3-15H,1-2H3,(H,27,32)(H,28,29,30). The number of amides is 1. The van der Waals surface area contributed by atoms with Crippen molar-refractivity contribution in [1.82, 2.24) is 29.9 Å². The molecule has 1 amide bonds. The SMILES string of the molecule is CC(C)n1ncc2cc(C(=O)Nc3ccccc3-c3nc(-c4ccccc4)n[nH]3)cnc21. The molecule has 5 rings (SSSR count). The molecule has 0 bridgehead atoms. The monoisotopic (exact) mass is 423 g/mol. The lowest BCUT2D eigenvalue weighted by Gasteiger charge is -2.10. The predicted molar refractivity (Wildman–Crippen MR) is 123 cm³/mol. The fourth-order valence-corrected chi connectivity index (χ4v) is 3.53. The Morgan fingerprint density at radius 1 is 1.03 bits per heavy atom. The van der Waals surface area contributed by atoms with Crippen LogP contribution >= 0.6 is 0 Å². The van der Waals surface area contributed by atoms with Crippen molar-refractivity contribution in [2.45, 2.75) is 19.9 Å². The molecule has 8 nitrogen and oxygen atoms in total. The van der Waals surface area contributed by atoms with Crippen molar-refractivity contribution in [3.8, 4) is 22.8 Å². The maximum absolute atomic E-state index is 13.0. The molecule has 3 aromatic heterocycles. The molecule has 2 aromatic carbocycles. The molecule has 158 valence electrons. The van der Waals surface area contributed by atoms with Crippen LogP contribution in [0.3, 0.4) is 0 Å². The number of anilines is 1. The van der Waals surface area contributed by atoms with Gasteiger partial charge in [0, 0.05) is 28.8 Å². The Hall–Kier alpha value is -4.33. The van der Waals surface area contributed by atoms with Crippen LogP contribution < -0.4 is 5.32 Å². The number of fused-ring (bicyclic) bond motifs is 1. The van der Waals surface area contributed by atoms with E-state index in [-0.39, 0.29) is 11.9 Å². The zero-order valence-electron chi connectivity index (χ0n) is 17.6. The number of aromatic nitrogens is 6. The lowest BCUT2D eigenvalue weighted by atomic mass is 10.1. The third-order valence-corrected chi connectivity index (χ3v) is 5.13. The molecule has 0 unspecified atom stereocenters. The van der Waals surface area contributed by atoms with Crippen LogP contribution in [0.1, 0.15) is 30.2 Å². The van der Waals surface area contributed by atoms with E-state index in [1.807, 2.05) is 73.1 Å². The van der Waals surface area contributed by atoms with E-state index in [1.54, 1.807) is 18.5 Å². The summed E-state index contributed by atoms with van der Waals surface area (Å²) in [5, 5.41) is 15.5. The zero-order chi connectivity index (χ0) is 22.1. The van der Waals surface area contributed by atoms with Crippen molar-refractivity contribution in [2.24, 2.45) is 0 Å². The first-order valence-electron chi connectivity index (χ1n) is 10.3. The molecular formula is C24H21N7O. The van der Waals surface area contributed by atoms with Crippen LogP contribution in [0.2, 0.25) is 0 Å². The van der Waals surface area contributed by atoms with Crippen LogP contribution in [0.15, 0.2) is 73.1 Å². The summed E-state index contributed by atoms with van der Waals surface area (Å²) in [6, 6.07) is 19.2. The van der Waals surface area contributed by atoms with E-state index in [1.165, 1.54) is 0 Å². The minimum absolute atomic E-state index is 0.189. The maximum Gasteiger partial charge on any atom is 0.257 e. The molecule has 0 aliphatic carbocycles. The summed E-state index contributed by atoms with van der Waals surface area (Å²) in [7, 11) is 0. The van der Waals surface area contributed by atoms with Gasteiger partial charge in [-0.3, -0.25) is 9.89 Å². The normalized spacial score (nSPS) is 11.2. The van der Waals surface area contributed by atoms with Crippen molar-refractivity contribution in [1.29, 1.82) is 0 Å². The number of benzene rings is 2. The fourth-order valence-electron chi connectivity index (χ4n) is 3.53. The van der Waals surface area contributed by atoms with Crippen LogP contribution in [0.4, 0.5) is 5.69 Å². The summed E-state index contributed by atoms with van der Waals surface area (Å²) in [5.41, 5.74) is 3.51. The summed E-state index contributed by atoms with van der Waals surface area (Å²) in [6.07, 6.45) is 3.30. The Morgan fingerprint density at radius 3 is 2.62 bits per heavy atom. The number of carbonyl (C=O) groups excluding carboxylic acids is 1. The largest absolute Gasteiger partial charge is 0.321 e. The molecule has 0 aliphatic heterocycles. The fraction of sp³-hybridized carbons (Fsp3) is 0.125. The molecule has 0 spiro atoms. The van der Waals surface area contributed by atoms with E-state index in [0.29, 0.717) is 22.9 Å². The van der Waals surface area contributed by atoms with Crippen molar-refractivity contribution in [3.05, 3.63) is 78.6 Å². The lowest BCUT2D eigenvalue weighted by Crippen LogP contribution is -2.13. The Balaban J connectivity index is 1.43. The van der Waals surface area contributed by atoms with Crippen molar-refractivity contribution in [3.63, 3.8) is 0 Å². The average Bonchev–Trinajstić information content (AvgIpc) is 3.47. The van der Waals surface area contributed by atoms with Crippen LogP contribution in [-0.2, 0) is 0 Å². The van der Waals surface area contributed by atoms with E-state index in [9.17, 15) is 4.79 Å². The minimum atomic E-state index is -0.257. The third kappa shape index (κ3) is 3.62. The second-order valence-electron chi connectivity index (χ2n) is 7.69. The molecule has 0 atom stereocenters. The van der Waals surface area contributed by atoms with Gasteiger partial charge in [0.15, 0.2) is 17.3 Å². The highest BCUT2D eigenvalue weighted by Crippen LogP contribution is 2.27. The van der Waals surface area contributed by atoms with Gasteiger partial charge in [0.2, 0.25) is 0 Å². The zero-order valence-corrected chi connectivity index (χ0v) is 17.6. The van der Waals surface area contributed by atoms with Gasteiger partial charge in [0.1, 0.15) is 0 Å². The summed E-state index contributed by atoms with van der Waals surface area (Å²) in [4.78, 5) is 22.0. The van der Waals surface area contributed by atoms with Crippen LogP contribution in [0.5, 0.6) is 0 Å². The number of nitrogens with one attached hydrogen (secondary N) is 2. The molecule has 0 saturated heterocycles. The molecule has 8 heteroatoms. The number of para-hydroxylation sites is 1. The topological polar surface area (TPSA) is 101 Å². The first-order valence-corrected chi connectivity index (χ1v) is 10.3. The van der Waals surface area contributed by atoms with Gasteiger partial charge in [-0.25, -0.2) is 14.6 Å². The van der Waals surface area contributed by atoms with Crippen LogP contribution in [-0.4, -0.2) is 35.9 Å². The minimum Gasteiger partial charge on any atom is -0.321 e. The van der Waals surface area contributed by atoms with Gasteiger partial charge in [-0.2, -0.15) is 10.2 Å². The summed E-state index contributed by atoms with van der Waals surface area (Å²) >= 11 is 0. The Labute approximate surface area is 184 Å². The Bertz CT molecular complexity index is 1400. The van der Waals surface area contributed by atoms with Crippen LogP contribution in [0, 0.1) is 0 Å². The van der Waals surface area contributed by atoms with Gasteiger partial charge in [-0.1, -0.05) is 42.5 Å². The molecule has 0 aliphatic rings. The van der Waals surface area contributed by atoms with Crippen molar-refractivity contribution >= 4 is 22.6 Å². The van der Waals surface area contributed by atoms with Gasteiger partial charge in [0.05, 0.1) is 17.4 Å². The van der Waals surface area contributed by atoms with Gasteiger partial charge in [-0.05, 0) is 32.0 Å². The van der Waals surface area contributed by atoms with Crippen molar-refractivity contribution in [2.75, 3.05) is 5.32 Å². The smallest absolute Gasteiger partial charge is 0.257 e. The van der Waals surface area contributed by atoms with Gasteiger partial charge in [0.25, 0.3) is 5.91 Å². The maximum atomic E-state index is 13.0. The number of aromatic amines is 1. The third-order valence-electron chi connectivity index (χ3n) is 5.13. The first kappa shape index (κ1) is 19.6. The van der Waals surface area contributed by atoms with E-state index in [2.05, 4.69) is 30.6 Å². The molecule has 5 aromatic rings. The summed E-state index contributed by atoms with van der Waals surface area (Å²) < 4.78 is 1.83. The summed E-state index contributed by atoms with van der Waals surface area (Å²) in [6.45, 7) is 4.08. The number of rotatable bonds is 5. The van der Waals surface area contributed by atoms with E-state index < -0.39 is 0 Å². The van der Waals surface area contributed by atoms with Gasteiger partial charge in [-0.15, -0.1) is 0 Å². The number of hydrogen-bond acceptors (Lipinski definition) is 5. The van der Waals surface area contributed by atoms with Gasteiger partial charge < -0.3 is 5.32 Å². The highest BCUT2D eigenvalue weighted by molar-refractivity contribution is 6.07. The number of pyridine rings is 1. The number of carbonyl (C=O) groups is 1. The van der Waals surface area contributed by atoms with Gasteiger partial charge >= 0.3 is 0 Å². The summed E-state index contributed by atoms with van der Waals surface area (Å²) in [5.74, 6) is 0.914. The molecule has 0 fully saturated rings. The molecular weight excluding hydrogens is 402 g/mol. The van der Waals surface area contributed by atoms with Crippen LogP contribution in [0.25, 0.3) is 33.8 Å². The Kier molecular flexibility index (Phi) is 4.95. The van der Waals surface area contributed by atoms with E-state index >= 15 is 0 Å². The number of nitrogens with zero attached hydrogens (tertiary/aromatic N) is 5. The molecule has 3 heterocycles. The average molecular weight is 423 g/mol. The molecule has 0 radical (unpaired) electrons. The van der Waals surface area contributed by atoms with E-state index in [0.717, 1.165) is 22.2 Å². The lowest BCUT2D eigenvalue weighted by molar-refractivity contribution is 0.102. The molecule has 32 heavy (non-hydrogen) atoms.